The molecule has 0 saturated heterocycles. The predicted octanol–water partition coefficient (Wildman–Crippen LogP) is 4.93. The summed E-state index contributed by atoms with van der Waals surface area (Å²) in [5.74, 6) is 3.88. The molecule has 2 nitrogen and oxygen atoms in total. The zero-order valence-electron chi connectivity index (χ0n) is 14.1. The summed E-state index contributed by atoms with van der Waals surface area (Å²) in [7, 11) is 0. The van der Waals surface area contributed by atoms with Crippen LogP contribution in [0.2, 0.25) is 0 Å². The van der Waals surface area contributed by atoms with Crippen molar-refractivity contribution >= 4 is 5.84 Å². The Balaban J connectivity index is 1.67. The minimum atomic E-state index is 0.519. The van der Waals surface area contributed by atoms with Gasteiger partial charge in [-0.1, -0.05) is 45.4 Å². The number of amidine groups is 1. The predicted molar refractivity (Wildman–Crippen MR) is 90.8 cm³/mol. The van der Waals surface area contributed by atoms with Gasteiger partial charge in [0.25, 0.3) is 0 Å². The van der Waals surface area contributed by atoms with Crippen molar-refractivity contribution < 1.29 is 0 Å². The van der Waals surface area contributed by atoms with Gasteiger partial charge in [-0.3, -0.25) is 4.99 Å². The number of aliphatic imine (C=N–C) groups is 1. The molecule has 120 valence electrons. The van der Waals surface area contributed by atoms with Gasteiger partial charge in [0, 0.05) is 12.5 Å². The molecule has 2 fully saturated rings. The third-order valence-corrected chi connectivity index (χ3v) is 6.35. The maximum atomic E-state index is 4.90. The zero-order chi connectivity index (χ0) is 14.7. The Kier molecular flexibility index (Phi) is 5.24. The van der Waals surface area contributed by atoms with E-state index in [0.717, 1.165) is 23.8 Å². The second-order valence-electron chi connectivity index (χ2n) is 7.96. The monoisotopic (exact) mass is 290 g/mol. The number of nitrogens with one attached hydrogen (secondary N) is 1. The van der Waals surface area contributed by atoms with Gasteiger partial charge in [0.05, 0.1) is 11.9 Å². The van der Waals surface area contributed by atoms with Crippen molar-refractivity contribution in [1.29, 1.82) is 0 Å². The maximum absolute atomic E-state index is 4.90. The van der Waals surface area contributed by atoms with Gasteiger partial charge in [0.1, 0.15) is 0 Å². The van der Waals surface area contributed by atoms with Gasteiger partial charge in [0.2, 0.25) is 0 Å². The van der Waals surface area contributed by atoms with Crippen LogP contribution < -0.4 is 5.32 Å². The molecule has 2 unspecified atom stereocenters. The minimum absolute atomic E-state index is 0.519. The molecule has 0 bridgehead atoms. The molecule has 2 atom stereocenters. The van der Waals surface area contributed by atoms with E-state index in [2.05, 4.69) is 19.2 Å². The number of rotatable bonds is 3. The highest BCUT2D eigenvalue weighted by molar-refractivity contribution is 5.84. The maximum Gasteiger partial charge on any atom is 0.0972 e. The van der Waals surface area contributed by atoms with Gasteiger partial charge >= 0.3 is 0 Å². The van der Waals surface area contributed by atoms with Crippen molar-refractivity contribution in [3.05, 3.63) is 0 Å². The summed E-state index contributed by atoms with van der Waals surface area (Å²) in [6, 6.07) is 1.24. The minimum Gasteiger partial charge on any atom is -0.371 e. The molecular weight excluding hydrogens is 256 g/mol. The molecule has 3 rings (SSSR count). The van der Waals surface area contributed by atoms with Crippen LogP contribution in [0.5, 0.6) is 0 Å². The van der Waals surface area contributed by atoms with E-state index in [0.29, 0.717) is 6.04 Å². The van der Waals surface area contributed by atoms with Crippen molar-refractivity contribution in [2.45, 2.75) is 96.6 Å². The van der Waals surface area contributed by atoms with Gasteiger partial charge in [0.15, 0.2) is 0 Å². The summed E-state index contributed by atoms with van der Waals surface area (Å²) in [5.41, 5.74) is 0. The van der Waals surface area contributed by atoms with Crippen LogP contribution in [0, 0.1) is 17.8 Å². The average molecular weight is 290 g/mol. The Morgan fingerprint density at radius 2 is 1.38 bits per heavy atom. The fourth-order valence-corrected chi connectivity index (χ4v) is 4.80. The molecule has 3 aliphatic rings. The molecule has 0 radical (unpaired) electrons. The Morgan fingerprint density at radius 1 is 0.857 bits per heavy atom. The molecule has 0 aromatic carbocycles. The largest absolute Gasteiger partial charge is 0.371 e. The Bertz CT molecular complexity index is 333. The van der Waals surface area contributed by atoms with E-state index in [1.165, 1.54) is 76.5 Å². The van der Waals surface area contributed by atoms with Crippen LogP contribution in [-0.4, -0.2) is 17.9 Å². The molecular formula is C19H34N2. The third-order valence-electron chi connectivity index (χ3n) is 6.35. The molecule has 0 amide bonds. The van der Waals surface area contributed by atoms with Crippen LogP contribution in [0.4, 0.5) is 0 Å². The molecule has 1 heterocycles. The summed E-state index contributed by atoms with van der Waals surface area (Å²) in [5, 5.41) is 3.97. The lowest BCUT2D eigenvalue weighted by molar-refractivity contribution is 0.189. The van der Waals surface area contributed by atoms with E-state index in [1.54, 1.807) is 0 Å². The smallest absolute Gasteiger partial charge is 0.0972 e. The normalized spacial score (nSPS) is 32.4. The van der Waals surface area contributed by atoms with E-state index in [1.807, 2.05) is 0 Å². The van der Waals surface area contributed by atoms with Crippen molar-refractivity contribution in [3.8, 4) is 0 Å². The number of hydrogen-bond donors (Lipinski definition) is 1. The molecule has 0 aromatic rings. The van der Waals surface area contributed by atoms with Gasteiger partial charge in [-0.05, 0) is 50.4 Å². The Labute approximate surface area is 131 Å². The summed E-state index contributed by atoms with van der Waals surface area (Å²) in [4.78, 5) is 4.90. The van der Waals surface area contributed by atoms with Crippen molar-refractivity contribution in [2.24, 2.45) is 22.7 Å². The quantitative estimate of drug-likeness (QED) is 0.783. The summed E-state index contributed by atoms with van der Waals surface area (Å²) in [6.45, 7) is 4.62. The molecule has 0 spiro atoms. The van der Waals surface area contributed by atoms with Crippen LogP contribution in [0.15, 0.2) is 4.99 Å². The van der Waals surface area contributed by atoms with Crippen LogP contribution >= 0.6 is 0 Å². The van der Waals surface area contributed by atoms with Crippen LogP contribution in [0.25, 0.3) is 0 Å². The molecule has 1 N–H and O–H groups in total. The lowest BCUT2D eigenvalue weighted by Gasteiger charge is -2.39. The van der Waals surface area contributed by atoms with Gasteiger partial charge in [-0.15, -0.1) is 0 Å². The lowest BCUT2D eigenvalue weighted by atomic mass is 9.73. The molecule has 21 heavy (non-hydrogen) atoms. The average Bonchev–Trinajstić information content (AvgIpc) is 2.85. The fraction of sp³-hybridized carbons (Fsp3) is 0.947. The first-order valence-corrected chi connectivity index (χ1v) is 9.57. The highest BCUT2D eigenvalue weighted by Gasteiger charge is 2.33. The highest BCUT2D eigenvalue weighted by Crippen LogP contribution is 2.36. The number of nitrogens with zero attached hydrogens (tertiary/aromatic N) is 1. The van der Waals surface area contributed by atoms with Gasteiger partial charge in [-0.25, -0.2) is 0 Å². The van der Waals surface area contributed by atoms with Crippen molar-refractivity contribution in [3.63, 3.8) is 0 Å². The van der Waals surface area contributed by atoms with E-state index in [-0.39, 0.29) is 0 Å². The molecule has 2 aliphatic carbocycles. The summed E-state index contributed by atoms with van der Waals surface area (Å²) in [6.07, 6.45) is 15.7. The summed E-state index contributed by atoms with van der Waals surface area (Å²) >= 11 is 0. The lowest BCUT2D eigenvalue weighted by Crippen LogP contribution is -2.46. The Hall–Kier alpha value is -0.530. The molecule has 2 saturated carbocycles. The third kappa shape index (κ3) is 3.81. The second-order valence-corrected chi connectivity index (χ2v) is 7.96. The first-order valence-electron chi connectivity index (χ1n) is 9.57. The van der Waals surface area contributed by atoms with Crippen molar-refractivity contribution in [1.82, 2.24) is 5.32 Å². The Morgan fingerprint density at radius 3 is 1.81 bits per heavy atom. The fourth-order valence-electron chi connectivity index (χ4n) is 4.80. The second kappa shape index (κ2) is 7.15. The van der Waals surface area contributed by atoms with Gasteiger partial charge < -0.3 is 5.32 Å². The van der Waals surface area contributed by atoms with Crippen LogP contribution in [0.1, 0.15) is 84.5 Å². The topological polar surface area (TPSA) is 24.4 Å². The highest BCUT2D eigenvalue weighted by atomic mass is 15.1. The van der Waals surface area contributed by atoms with E-state index >= 15 is 0 Å². The molecule has 0 aromatic heterocycles. The first-order chi connectivity index (χ1) is 10.2. The van der Waals surface area contributed by atoms with E-state index < -0.39 is 0 Å². The number of hydrogen-bond acceptors (Lipinski definition) is 2. The molecule has 2 heteroatoms. The van der Waals surface area contributed by atoms with Crippen molar-refractivity contribution in [2.75, 3.05) is 0 Å². The summed E-state index contributed by atoms with van der Waals surface area (Å²) < 4.78 is 0. The van der Waals surface area contributed by atoms with E-state index in [4.69, 9.17) is 4.99 Å². The van der Waals surface area contributed by atoms with Crippen LogP contribution in [-0.2, 0) is 0 Å². The standard InChI is InChI=1S/C19H34N2/c1-14-13-18(20-15(14)2)21-19(16-9-5-3-6-10-16)17-11-7-4-8-12-17/h14-17,19H,3-13H2,1-2H3,(H,20,21). The first kappa shape index (κ1) is 15.4. The van der Waals surface area contributed by atoms with Crippen LogP contribution in [0.3, 0.4) is 0 Å². The zero-order valence-corrected chi connectivity index (χ0v) is 14.1. The SMILES string of the molecule is CC1CC(NC(C2CCCCC2)C2CCCCC2)=NC1C. The van der Waals surface area contributed by atoms with Gasteiger partial charge in [-0.2, -0.15) is 0 Å². The molecule has 1 aliphatic heterocycles. The van der Waals surface area contributed by atoms with E-state index in [9.17, 15) is 0 Å².